The molecule has 0 aromatic carbocycles. The molecule has 0 bridgehead atoms. The first-order valence-electron chi connectivity index (χ1n) is 6.48. The average Bonchev–Trinajstić information content (AvgIpc) is 3.04. The summed E-state index contributed by atoms with van der Waals surface area (Å²) in [6.45, 7) is 5.12. The van der Waals surface area contributed by atoms with Gasteiger partial charge in [0.05, 0.1) is 16.8 Å². The maximum Gasteiger partial charge on any atom is 0.194 e. The first-order valence-corrected chi connectivity index (χ1v) is 8.17. The van der Waals surface area contributed by atoms with Crippen molar-refractivity contribution in [3.8, 4) is 0 Å². The second kappa shape index (κ2) is 5.59. The summed E-state index contributed by atoms with van der Waals surface area (Å²) in [5.41, 5.74) is 1.21. The fourth-order valence-corrected chi connectivity index (χ4v) is 3.66. The van der Waals surface area contributed by atoms with Gasteiger partial charge in [0.2, 0.25) is 0 Å². The van der Waals surface area contributed by atoms with Gasteiger partial charge in [-0.2, -0.15) is 5.10 Å². The number of thiazole rings is 1. The molecular formula is C13H17N5S2. The van der Waals surface area contributed by atoms with Crippen LogP contribution in [0.15, 0.2) is 33.9 Å². The standard InChI is InChI=1S/C13H17N5S2/c1-9(2)14-7-11-12(16-13-18(11)4-5-19-13)20-10-6-15-17(3)8-10/h4-6,8-9,14H,7H2,1-3H3. The Balaban J connectivity index is 1.92. The van der Waals surface area contributed by atoms with E-state index in [0.717, 1.165) is 21.4 Å². The number of imidazole rings is 1. The van der Waals surface area contributed by atoms with E-state index in [-0.39, 0.29) is 0 Å². The molecule has 0 fully saturated rings. The van der Waals surface area contributed by atoms with Crippen LogP contribution in [0.1, 0.15) is 19.5 Å². The molecule has 0 spiro atoms. The lowest BCUT2D eigenvalue weighted by Gasteiger charge is -2.08. The van der Waals surface area contributed by atoms with Gasteiger partial charge in [-0.15, -0.1) is 11.3 Å². The van der Waals surface area contributed by atoms with Crippen LogP contribution in [-0.2, 0) is 13.6 Å². The second-order valence-corrected chi connectivity index (χ2v) is 6.84. The van der Waals surface area contributed by atoms with Gasteiger partial charge in [0.15, 0.2) is 4.96 Å². The number of nitrogens with zero attached hydrogens (tertiary/aromatic N) is 4. The van der Waals surface area contributed by atoms with Crippen LogP contribution in [0.2, 0.25) is 0 Å². The summed E-state index contributed by atoms with van der Waals surface area (Å²) in [5, 5.41) is 10.8. The molecule has 0 unspecified atom stereocenters. The number of rotatable bonds is 5. The van der Waals surface area contributed by atoms with E-state index >= 15 is 0 Å². The highest BCUT2D eigenvalue weighted by molar-refractivity contribution is 7.99. The van der Waals surface area contributed by atoms with Gasteiger partial charge in [0.25, 0.3) is 0 Å². The zero-order chi connectivity index (χ0) is 14.1. The molecule has 0 radical (unpaired) electrons. The predicted molar refractivity (Wildman–Crippen MR) is 82.4 cm³/mol. The molecule has 3 aromatic rings. The predicted octanol–water partition coefficient (Wildman–Crippen LogP) is 2.78. The van der Waals surface area contributed by atoms with Crippen molar-refractivity contribution in [1.29, 1.82) is 0 Å². The SMILES string of the molecule is CC(C)NCc1c(Sc2cnn(C)c2)nc2sccn12. The first kappa shape index (κ1) is 13.7. The number of hydrogen-bond donors (Lipinski definition) is 1. The lowest BCUT2D eigenvalue weighted by molar-refractivity contribution is 0.574. The van der Waals surface area contributed by atoms with Crippen LogP contribution in [0, 0.1) is 0 Å². The quantitative estimate of drug-likeness (QED) is 0.787. The molecule has 0 aliphatic carbocycles. The summed E-state index contributed by atoms with van der Waals surface area (Å²) < 4.78 is 3.98. The molecule has 0 saturated heterocycles. The molecule has 5 nitrogen and oxygen atoms in total. The molecule has 3 rings (SSSR count). The molecule has 1 N–H and O–H groups in total. The minimum atomic E-state index is 0.454. The number of fused-ring (bicyclic) bond motifs is 1. The largest absolute Gasteiger partial charge is 0.309 e. The van der Waals surface area contributed by atoms with E-state index in [9.17, 15) is 0 Å². The summed E-state index contributed by atoms with van der Waals surface area (Å²) in [6, 6.07) is 0.454. The first-order chi connectivity index (χ1) is 9.63. The smallest absolute Gasteiger partial charge is 0.194 e. The van der Waals surface area contributed by atoms with Crippen molar-refractivity contribution >= 4 is 28.1 Å². The summed E-state index contributed by atoms with van der Waals surface area (Å²) in [7, 11) is 1.93. The second-order valence-electron chi connectivity index (χ2n) is 4.91. The van der Waals surface area contributed by atoms with Crippen molar-refractivity contribution in [2.24, 2.45) is 7.05 Å². The Hall–Kier alpha value is -1.31. The summed E-state index contributed by atoms with van der Waals surface area (Å²) in [5.74, 6) is 0. The lowest BCUT2D eigenvalue weighted by Crippen LogP contribution is -2.22. The molecule has 0 aliphatic heterocycles. The van der Waals surface area contributed by atoms with Gasteiger partial charge in [-0.25, -0.2) is 4.98 Å². The van der Waals surface area contributed by atoms with E-state index < -0.39 is 0 Å². The minimum Gasteiger partial charge on any atom is -0.309 e. The van der Waals surface area contributed by atoms with Gasteiger partial charge in [0.1, 0.15) is 5.03 Å². The summed E-state index contributed by atoms with van der Waals surface area (Å²) in [6.07, 6.45) is 5.97. The van der Waals surface area contributed by atoms with Crippen molar-refractivity contribution in [1.82, 2.24) is 24.5 Å². The summed E-state index contributed by atoms with van der Waals surface area (Å²) >= 11 is 3.33. The fourth-order valence-electron chi connectivity index (χ4n) is 1.92. The minimum absolute atomic E-state index is 0.454. The molecule has 0 saturated carbocycles. The number of nitrogens with one attached hydrogen (secondary N) is 1. The van der Waals surface area contributed by atoms with Crippen LogP contribution in [0.4, 0.5) is 0 Å². The van der Waals surface area contributed by atoms with Gasteiger partial charge in [-0.1, -0.05) is 25.6 Å². The Morgan fingerprint density at radius 2 is 2.30 bits per heavy atom. The Morgan fingerprint density at radius 1 is 1.45 bits per heavy atom. The van der Waals surface area contributed by atoms with E-state index in [1.54, 1.807) is 23.1 Å². The Bertz CT molecular complexity index is 709. The van der Waals surface area contributed by atoms with Crippen LogP contribution in [-0.4, -0.2) is 25.2 Å². The van der Waals surface area contributed by atoms with E-state index in [2.05, 4.69) is 40.2 Å². The maximum absolute atomic E-state index is 4.72. The fraction of sp³-hybridized carbons (Fsp3) is 0.385. The molecule has 3 heterocycles. The highest BCUT2D eigenvalue weighted by Crippen LogP contribution is 2.31. The van der Waals surface area contributed by atoms with Crippen LogP contribution < -0.4 is 5.32 Å². The lowest BCUT2D eigenvalue weighted by atomic mass is 10.3. The molecule has 3 aromatic heterocycles. The topological polar surface area (TPSA) is 47.2 Å². The summed E-state index contributed by atoms with van der Waals surface area (Å²) in [4.78, 5) is 6.88. The third-order valence-corrected chi connectivity index (χ3v) is 4.62. The van der Waals surface area contributed by atoms with Crippen molar-refractivity contribution in [2.75, 3.05) is 0 Å². The zero-order valence-corrected chi connectivity index (χ0v) is 13.3. The molecule has 7 heteroatoms. The number of aryl methyl sites for hydroxylation is 1. The molecule has 0 amide bonds. The molecule has 0 atom stereocenters. The highest BCUT2D eigenvalue weighted by Gasteiger charge is 2.15. The maximum atomic E-state index is 4.72. The molecule has 20 heavy (non-hydrogen) atoms. The van der Waals surface area contributed by atoms with Gasteiger partial charge >= 0.3 is 0 Å². The van der Waals surface area contributed by atoms with Crippen LogP contribution in [0.5, 0.6) is 0 Å². The average molecular weight is 307 g/mol. The molecule has 106 valence electrons. The van der Waals surface area contributed by atoms with Gasteiger partial charge in [-0.05, 0) is 0 Å². The van der Waals surface area contributed by atoms with E-state index in [1.807, 2.05) is 24.1 Å². The monoisotopic (exact) mass is 307 g/mol. The van der Waals surface area contributed by atoms with E-state index in [4.69, 9.17) is 4.98 Å². The highest BCUT2D eigenvalue weighted by atomic mass is 32.2. The van der Waals surface area contributed by atoms with Crippen LogP contribution in [0.3, 0.4) is 0 Å². The van der Waals surface area contributed by atoms with Crippen molar-refractivity contribution in [2.45, 2.75) is 36.4 Å². The number of aromatic nitrogens is 4. The normalized spacial score (nSPS) is 11.8. The van der Waals surface area contributed by atoms with E-state index in [0.29, 0.717) is 6.04 Å². The van der Waals surface area contributed by atoms with Gasteiger partial charge < -0.3 is 5.32 Å². The van der Waals surface area contributed by atoms with Crippen molar-refractivity contribution < 1.29 is 0 Å². The number of hydrogen-bond acceptors (Lipinski definition) is 5. The van der Waals surface area contributed by atoms with Crippen LogP contribution in [0.25, 0.3) is 4.96 Å². The Labute approximate surface area is 126 Å². The molecule has 0 aliphatic rings. The Kier molecular flexibility index (Phi) is 3.82. The zero-order valence-electron chi connectivity index (χ0n) is 11.7. The molecular weight excluding hydrogens is 290 g/mol. The Morgan fingerprint density at radius 3 is 3.00 bits per heavy atom. The van der Waals surface area contributed by atoms with Crippen LogP contribution >= 0.6 is 23.1 Å². The third kappa shape index (κ3) is 2.74. The van der Waals surface area contributed by atoms with Gasteiger partial charge in [-0.3, -0.25) is 9.08 Å². The van der Waals surface area contributed by atoms with Crippen molar-refractivity contribution in [3.05, 3.63) is 29.7 Å². The third-order valence-electron chi connectivity index (χ3n) is 2.90. The van der Waals surface area contributed by atoms with Crippen molar-refractivity contribution in [3.63, 3.8) is 0 Å². The van der Waals surface area contributed by atoms with E-state index in [1.165, 1.54) is 5.69 Å². The van der Waals surface area contributed by atoms with Gasteiger partial charge in [0, 0.05) is 37.4 Å².